The molecule has 2 N–H and O–H groups in total. The highest BCUT2D eigenvalue weighted by Crippen LogP contribution is 2.26. The second-order valence-corrected chi connectivity index (χ2v) is 7.28. The second-order valence-electron chi connectivity index (χ2n) is 6.47. The fourth-order valence-electron chi connectivity index (χ4n) is 3.11. The van der Waals surface area contributed by atoms with E-state index in [1.54, 1.807) is 16.6 Å². The summed E-state index contributed by atoms with van der Waals surface area (Å²) in [4.78, 5) is 4.17. The molecule has 0 saturated heterocycles. The van der Waals surface area contributed by atoms with E-state index in [-0.39, 0.29) is 12.6 Å². The standard InChI is InChI=1S/C21H18Cl2N4O/c22-18-6-4-16(9-19(18)23)20(12-28)24-10-14-2-1-3-15(8-14)17-5-7-21-25-13-26-27(21)11-17/h1-9,11,13,20,24,28H,10,12H2. The molecule has 0 bridgehead atoms. The van der Waals surface area contributed by atoms with Gasteiger partial charge in [-0.15, -0.1) is 0 Å². The Hall–Kier alpha value is -2.44. The third-order valence-corrected chi connectivity index (χ3v) is 5.35. The highest BCUT2D eigenvalue weighted by Gasteiger charge is 2.12. The Kier molecular flexibility index (Phi) is 5.59. The molecule has 0 aliphatic heterocycles. The Bertz CT molecular complexity index is 1110. The van der Waals surface area contributed by atoms with Crippen LogP contribution in [0.3, 0.4) is 0 Å². The maximum absolute atomic E-state index is 9.78. The van der Waals surface area contributed by atoms with Gasteiger partial charge < -0.3 is 10.4 Å². The molecule has 0 radical (unpaired) electrons. The maximum Gasteiger partial charge on any atom is 0.155 e. The predicted octanol–water partition coefficient (Wildman–Crippen LogP) is 4.53. The van der Waals surface area contributed by atoms with E-state index in [0.717, 1.165) is 27.9 Å². The lowest BCUT2D eigenvalue weighted by molar-refractivity contribution is 0.243. The van der Waals surface area contributed by atoms with Crippen molar-refractivity contribution in [3.8, 4) is 11.1 Å². The molecule has 2 aromatic carbocycles. The zero-order valence-corrected chi connectivity index (χ0v) is 16.4. The summed E-state index contributed by atoms with van der Waals surface area (Å²) in [5, 5.41) is 18.3. The molecular weight excluding hydrogens is 395 g/mol. The minimum atomic E-state index is -0.232. The van der Waals surface area contributed by atoms with Crippen molar-refractivity contribution in [2.45, 2.75) is 12.6 Å². The van der Waals surface area contributed by atoms with Gasteiger partial charge in [0.1, 0.15) is 6.33 Å². The molecule has 4 rings (SSSR count). The van der Waals surface area contributed by atoms with Crippen LogP contribution in [-0.4, -0.2) is 26.3 Å². The lowest BCUT2D eigenvalue weighted by atomic mass is 10.0. The molecule has 2 heterocycles. The number of aromatic nitrogens is 3. The molecular formula is C21H18Cl2N4O. The van der Waals surface area contributed by atoms with E-state index in [1.807, 2.05) is 36.5 Å². The smallest absolute Gasteiger partial charge is 0.155 e. The Morgan fingerprint density at radius 1 is 1.00 bits per heavy atom. The number of fused-ring (bicyclic) bond motifs is 1. The molecule has 0 aliphatic rings. The molecule has 28 heavy (non-hydrogen) atoms. The third-order valence-electron chi connectivity index (χ3n) is 4.62. The topological polar surface area (TPSA) is 62.5 Å². The Labute approximate surface area is 172 Å². The first-order valence-corrected chi connectivity index (χ1v) is 9.57. The van der Waals surface area contributed by atoms with E-state index in [9.17, 15) is 5.11 Å². The number of nitrogens with zero attached hydrogens (tertiary/aromatic N) is 3. The summed E-state index contributed by atoms with van der Waals surface area (Å²) in [5.41, 5.74) is 4.96. The molecule has 2 aromatic heterocycles. The minimum absolute atomic E-state index is 0.0411. The number of hydrogen-bond donors (Lipinski definition) is 2. The zero-order valence-electron chi connectivity index (χ0n) is 14.9. The first-order chi connectivity index (χ1) is 13.6. The van der Waals surface area contributed by atoms with Gasteiger partial charge in [0, 0.05) is 18.3 Å². The molecule has 0 aliphatic carbocycles. The summed E-state index contributed by atoms with van der Waals surface area (Å²) in [5.74, 6) is 0. The zero-order chi connectivity index (χ0) is 19.5. The van der Waals surface area contributed by atoms with Crippen LogP contribution < -0.4 is 5.32 Å². The molecule has 0 fully saturated rings. The van der Waals surface area contributed by atoms with Crippen LogP contribution in [0.2, 0.25) is 10.0 Å². The number of hydrogen-bond acceptors (Lipinski definition) is 4. The highest BCUT2D eigenvalue weighted by atomic mass is 35.5. The van der Waals surface area contributed by atoms with Crippen LogP contribution in [0.1, 0.15) is 17.2 Å². The molecule has 0 amide bonds. The van der Waals surface area contributed by atoms with Gasteiger partial charge in [0.25, 0.3) is 0 Å². The average molecular weight is 413 g/mol. The largest absolute Gasteiger partial charge is 0.394 e. The molecule has 1 unspecified atom stereocenters. The SMILES string of the molecule is OCC(NCc1cccc(-c2ccc3ncnn3c2)c1)c1ccc(Cl)c(Cl)c1. The number of aliphatic hydroxyl groups is 1. The summed E-state index contributed by atoms with van der Waals surface area (Å²) in [7, 11) is 0. The van der Waals surface area contributed by atoms with Crippen molar-refractivity contribution in [1.29, 1.82) is 0 Å². The normalized spacial score (nSPS) is 12.4. The molecule has 7 heteroatoms. The van der Waals surface area contributed by atoms with Gasteiger partial charge in [0.2, 0.25) is 0 Å². The van der Waals surface area contributed by atoms with Crippen molar-refractivity contribution in [2.75, 3.05) is 6.61 Å². The van der Waals surface area contributed by atoms with Gasteiger partial charge in [0.05, 0.1) is 22.7 Å². The van der Waals surface area contributed by atoms with Crippen LogP contribution in [0.4, 0.5) is 0 Å². The van der Waals surface area contributed by atoms with E-state index in [0.29, 0.717) is 16.6 Å². The molecule has 0 spiro atoms. The predicted molar refractivity (Wildman–Crippen MR) is 112 cm³/mol. The lowest BCUT2D eigenvalue weighted by Gasteiger charge is -2.18. The van der Waals surface area contributed by atoms with Crippen molar-refractivity contribution in [3.63, 3.8) is 0 Å². The van der Waals surface area contributed by atoms with Gasteiger partial charge in [-0.05, 0) is 47.0 Å². The van der Waals surface area contributed by atoms with Crippen molar-refractivity contribution >= 4 is 28.8 Å². The first-order valence-electron chi connectivity index (χ1n) is 8.82. The van der Waals surface area contributed by atoms with Crippen molar-refractivity contribution in [3.05, 3.63) is 88.3 Å². The molecule has 1 atom stereocenters. The Morgan fingerprint density at radius 2 is 1.89 bits per heavy atom. The number of rotatable bonds is 6. The molecule has 142 valence electrons. The second kappa shape index (κ2) is 8.29. The van der Waals surface area contributed by atoms with Gasteiger partial charge in [-0.25, -0.2) is 9.50 Å². The number of halogens is 2. The molecule has 0 saturated carbocycles. The van der Waals surface area contributed by atoms with Crippen LogP contribution >= 0.6 is 23.2 Å². The quantitative estimate of drug-likeness (QED) is 0.488. The fourth-order valence-corrected chi connectivity index (χ4v) is 3.41. The summed E-state index contributed by atoms with van der Waals surface area (Å²) >= 11 is 12.1. The number of benzene rings is 2. The van der Waals surface area contributed by atoms with Crippen LogP contribution in [0.15, 0.2) is 67.1 Å². The molecule has 5 nitrogen and oxygen atoms in total. The number of nitrogens with one attached hydrogen (secondary N) is 1. The van der Waals surface area contributed by atoms with Gasteiger partial charge in [-0.3, -0.25) is 0 Å². The number of aliphatic hydroxyl groups excluding tert-OH is 1. The van der Waals surface area contributed by atoms with E-state index in [4.69, 9.17) is 23.2 Å². The first kappa shape index (κ1) is 18.9. The van der Waals surface area contributed by atoms with Gasteiger partial charge in [-0.2, -0.15) is 5.10 Å². The third kappa shape index (κ3) is 4.03. The van der Waals surface area contributed by atoms with E-state index < -0.39 is 0 Å². The average Bonchev–Trinajstić information content (AvgIpc) is 3.19. The van der Waals surface area contributed by atoms with E-state index >= 15 is 0 Å². The van der Waals surface area contributed by atoms with E-state index in [2.05, 4.69) is 27.5 Å². The Balaban J connectivity index is 1.51. The number of pyridine rings is 1. The van der Waals surface area contributed by atoms with Crippen LogP contribution in [0, 0.1) is 0 Å². The molecule has 4 aromatic rings. The van der Waals surface area contributed by atoms with Crippen LogP contribution in [-0.2, 0) is 6.54 Å². The van der Waals surface area contributed by atoms with Crippen molar-refractivity contribution in [1.82, 2.24) is 19.9 Å². The van der Waals surface area contributed by atoms with Crippen LogP contribution in [0.5, 0.6) is 0 Å². The summed E-state index contributed by atoms with van der Waals surface area (Å²) in [6.45, 7) is 0.561. The minimum Gasteiger partial charge on any atom is -0.394 e. The van der Waals surface area contributed by atoms with Gasteiger partial charge in [0.15, 0.2) is 5.65 Å². The van der Waals surface area contributed by atoms with Gasteiger partial charge >= 0.3 is 0 Å². The fraction of sp³-hybridized carbons (Fsp3) is 0.143. The van der Waals surface area contributed by atoms with Crippen molar-refractivity contribution < 1.29 is 5.11 Å². The summed E-state index contributed by atoms with van der Waals surface area (Å²) < 4.78 is 1.76. The van der Waals surface area contributed by atoms with Crippen molar-refractivity contribution in [2.24, 2.45) is 0 Å². The summed E-state index contributed by atoms with van der Waals surface area (Å²) in [6.07, 6.45) is 3.50. The van der Waals surface area contributed by atoms with E-state index in [1.165, 1.54) is 6.33 Å². The summed E-state index contributed by atoms with van der Waals surface area (Å²) in [6, 6.07) is 17.4. The highest BCUT2D eigenvalue weighted by molar-refractivity contribution is 6.42. The monoisotopic (exact) mass is 412 g/mol. The maximum atomic E-state index is 9.78. The lowest BCUT2D eigenvalue weighted by Crippen LogP contribution is -2.24. The van der Waals surface area contributed by atoms with Gasteiger partial charge in [-0.1, -0.05) is 47.5 Å². The van der Waals surface area contributed by atoms with Crippen LogP contribution in [0.25, 0.3) is 16.8 Å². The Morgan fingerprint density at radius 3 is 2.71 bits per heavy atom.